The van der Waals surface area contributed by atoms with Crippen LogP contribution in [0.3, 0.4) is 0 Å². The van der Waals surface area contributed by atoms with Crippen molar-refractivity contribution in [3.63, 3.8) is 0 Å². The molecule has 1 amide bonds. The third-order valence-corrected chi connectivity index (χ3v) is 5.94. The van der Waals surface area contributed by atoms with Crippen molar-refractivity contribution >= 4 is 17.5 Å². The Morgan fingerprint density at radius 2 is 1.96 bits per heavy atom. The van der Waals surface area contributed by atoms with Crippen LogP contribution >= 0.6 is 11.6 Å². The Hall–Kier alpha value is -1.84. The molecule has 0 heterocycles. The molecular formula is C21H22ClNO2. The maximum absolute atomic E-state index is 12.7. The van der Waals surface area contributed by atoms with Crippen molar-refractivity contribution in [1.82, 2.24) is 5.32 Å². The predicted molar refractivity (Wildman–Crippen MR) is 98.7 cm³/mol. The van der Waals surface area contributed by atoms with Crippen LogP contribution in [0.1, 0.15) is 36.3 Å². The van der Waals surface area contributed by atoms with E-state index in [1.807, 2.05) is 42.5 Å². The third-order valence-electron chi connectivity index (χ3n) is 5.71. The molecule has 2 saturated carbocycles. The zero-order chi connectivity index (χ0) is 17.4. The van der Waals surface area contributed by atoms with Gasteiger partial charge in [0, 0.05) is 16.4 Å². The molecule has 1 unspecified atom stereocenters. The molecule has 130 valence electrons. The molecule has 0 radical (unpaired) electrons. The minimum atomic E-state index is -0.254. The highest BCUT2D eigenvalue weighted by Crippen LogP contribution is 2.52. The second-order valence-electron chi connectivity index (χ2n) is 7.27. The Kier molecular flexibility index (Phi) is 4.30. The molecule has 0 saturated heterocycles. The van der Waals surface area contributed by atoms with Gasteiger partial charge >= 0.3 is 0 Å². The Morgan fingerprint density at radius 3 is 2.60 bits per heavy atom. The SMILES string of the molecule is O=C(NC(CO)C1(c2cccc(Cl)c2)CC1)[C@H]1C[C@@H]1c1ccccc1. The monoisotopic (exact) mass is 355 g/mol. The fourth-order valence-corrected chi connectivity index (χ4v) is 4.15. The first-order valence-electron chi connectivity index (χ1n) is 8.86. The van der Waals surface area contributed by atoms with E-state index in [1.54, 1.807) is 0 Å². The lowest BCUT2D eigenvalue weighted by Gasteiger charge is -2.27. The van der Waals surface area contributed by atoms with Crippen LogP contribution in [-0.4, -0.2) is 23.7 Å². The first-order chi connectivity index (χ1) is 12.1. The van der Waals surface area contributed by atoms with E-state index in [0.29, 0.717) is 10.9 Å². The van der Waals surface area contributed by atoms with Crippen molar-refractivity contribution in [1.29, 1.82) is 0 Å². The van der Waals surface area contributed by atoms with Gasteiger partial charge in [-0.2, -0.15) is 0 Å². The summed E-state index contributed by atoms with van der Waals surface area (Å²) in [6, 6.07) is 17.7. The van der Waals surface area contributed by atoms with Crippen molar-refractivity contribution in [2.24, 2.45) is 5.92 Å². The molecule has 2 aliphatic carbocycles. The topological polar surface area (TPSA) is 49.3 Å². The average Bonchev–Trinajstić information content (AvgIpc) is 3.54. The number of hydrogen-bond donors (Lipinski definition) is 2. The van der Waals surface area contributed by atoms with Crippen molar-refractivity contribution in [3.8, 4) is 0 Å². The standard InChI is InChI=1S/C21H22ClNO2/c22-16-8-4-7-15(11-16)21(9-10-21)19(13-24)23-20(25)18-12-17(18)14-5-2-1-3-6-14/h1-8,11,17-19,24H,9-10,12-13H2,(H,23,25)/t17-,18+,19?/m1/s1. The number of rotatable bonds is 6. The molecule has 3 nitrogen and oxygen atoms in total. The van der Waals surface area contributed by atoms with E-state index in [0.717, 1.165) is 24.8 Å². The third kappa shape index (κ3) is 3.19. The second kappa shape index (κ2) is 6.47. The van der Waals surface area contributed by atoms with Crippen LogP contribution < -0.4 is 5.32 Å². The lowest BCUT2D eigenvalue weighted by Crippen LogP contribution is -2.46. The summed E-state index contributed by atoms with van der Waals surface area (Å²) < 4.78 is 0. The molecular weight excluding hydrogens is 334 g/mol. The zero-order valence-corrected chi connectivity index (χ0v) is 14.7. The summed E-state index contributed by atoms with van der Waals surface area (Å²) in [5.41, 5.74) is 2.15. The van der Waals surface area contributed by atoms with Gasteiger partial charge in [-0.05, 0) is 48.4 Å². The van der Waals surface area contributed by atoms with Crippen LogP contribution in [0.5, 0.6) is 0 Å². The van der Waals surface area contributed by atoms with E-state index < -0.39 is 0 Å². The summed E-state index contributed by atoms with van der Waals surface area (Å²) in [7, 11) is 0. The van der Waals surface area contributed by atoms with Gasteiger partial charge in [0.2, 0.25) is 5.91 Å². The van der Waals surface area contributed by atoms with Gasteiger partial charge in [0.15, 0.2) is 0 Å². The van der Waals surface area contributed by atoms with Crippen molar-refractivity contribution in [2.75, 3.05) is 6.61 Å². The van der Waals surface area contributed by atoms with E-state index in [9.17, 15) is 9.90 Å². The quantitative estimate of drug-likeness (QED) is 0.831. The van der Waals surface area contributed by atoms with Gasteiger partial charge in [-0.1, -0.05) is 54.1 Å². The Morgan fingerprint density at radius 1 is 1.20 bits per heavy atom. The van der Waals surface area contributed by atoms with Crippen molar-refractivity contribution in [2.45, 2.75) is 36.6 Å². The van der Waals surface area contributed by atoms with Crippen molar-refractivity contribution < 1.29 is 9.90 Å². The number of benzene rings is 2. The van der Waals surface area contributed by atoms with Gasteiger partial charge in [-0.15, -0.1) is 0 Å². The predicted octanol–water partition coefficient (Wildman–Crippen LogP) is 3.65. The Labute approximate surface area is 153 Å². The van der Waals surface area contributed by atoms with Crippen LogP contribution in [0, 0.1) is 5.92 Å². The molecule has 4 heteroatoms. The molecule has 2 aromatic rings. The minimum Gasteiger partial charge on any atom is -0.394 e. The fourth-order valence-electron chi connectivity index (χ4n) is 3.96. The minimum absolute atomic E-state index is 0.0200. The first-order valence-corrected chi connectivity index (χ1v) is 9.24. The van der Waals surface area contributed by atoms with Gasteiger partial charge in [0.1, 0.15) is 0 Å². The van der Waals surface area contributed by atoms with E-state index in [-0.39, 0.29) is 29.9 Å². The molecule has 25 heavy (non-hydrogen) atoms. The smallest absolute Gasteiger partial charge is 0.224 e. The lowest BCUT2D eigenvalue weighted by molar-refractivity contribution is -0.123. The van der Waals surface area contributed by atoms with Crippen molar-refractivity contribution in [3.05, 3.63) is 70.7 Å². The molecule has 2 aromatic carbocycles. The number of hydrogen-bond acceptors (Lipinski definition) is 2. The highest BCUT2D eigenvalue weighted by Gasteiger charge is 2.53. The molecule has 0 spiro atoms. The van der Waals surface area contributed by atoms with Gasteiger partial charge in [0.25, 0.3) is 0 Å². The van der Waals surface area contributed by atoms with Crippen LogP contribution in [0.25, 0.3) is 0 Å². The summed E-state index contributed by atoms with van der Waals surface area (Å²) in [6.07, 6.45) is 2.81. The van der Waals surface area contributed by atoms with Crippen LogP contribution in [0.2, 0.25) is 5.02 Å². The number of carbonyl (C=O) groups is 1. The molecule has 0 aromatic heterocycles. The molecule has 2 N–H and O–H groups in total. The lowest BCUT2D eigenvalue weighted by atomic mass is 9.88. The van der Waals surface area contributed by atoms with Gasteiger partial charge in [-0.3, -0.25) is 4.79 Å². The van der Waals surface area contributed by atoms with Crippen LogP contribution in [0.4, 0.5) is 0 Å². The van der Waals surface area contributed by atoms with E-state index in [2.05, 4.69) is 17.4 Å². The van der Waals surface area contributed by atoms with Gasteiger partial charge < -0.3 is 10.4 Å². The van der Waals surface area contributed by atoms with Crippen LogP contribution in [-0.2, 0) is 10.2 Å². The van der Waals surface area contributed by atoms with E-state index in [1.165, 1.54) is 5.56 Å². The zero-order valence-electron chi connectivity index (χ0n) is 14.0. The first kappa shape index (κ1) is 16.6. The normalized spacial score (nSPS) is 24.4. The largest absolute Gasteiger partial charge is 0.394 e. The molecule has 3 atom stereocenters. The maximum atomic E-state index is 12.7. The number of aliphatic hydroxyl groups is 1. The summed E-state index contributed by atoms with van der Waals surface area (Å²) in [4.78, 5) is 12.7. The number of halogens is 1. The average molecular weight is 356 g/mol. The number of amides is 1. The fraction of sp³-hybridized carbons (Fsp3) is 0.381. The molecule has 2 aliphatic rings. The number of carbonyl (C=O) groups excluding carboxylic acids is 1. The number of aliphatic hydroxyl groups excluding tert-OH is 1. The molecule has 0 aliphatic heterocycles. The van der Waals surface area contributed by atoms with Gasteiger partial charge in [0.05, 0.1) is 12.6 Å². The Bertz CT molecular complexity index is 772. The van der Waals surface area contributed by atoms with E-state index in [4.69, 9.17) is 11.6 Å². The Balaban J connectivity index is 1.45. The van der Waals surface area contributed by atoms with Gasteiger partial charge in [-0.25, -0.2) is 0 Å². The van der Waals surface area contributed by atoms with Crippen LogP contribution in [0.15, 0.2) is 54.6 Å². The summed E-state index contributed by atoms with van der Waals surface area (Å²) in [5, 5.41) is 13.7. The maximum Gasteiger partial charge on any atom is 0.224 e. The number of nitrogens with one attached hydrogen (secondary N) is 1. The molecule has 4 rings (SSSR count). The second-order valence-corrected chi connectivity index (χ2v) is 7.71. The molecule has 2 fully saturated rings. The highest BCUT2D eigenvalue weighted by atomic mass is 35.5. The summed E-state index contributed by atoms with van der Waals surface area (Å²) >= 11 is 6.13. The summed E-state index contributed by atoms with van der Waals surface area (Å²) in [5.74, 6) is 0.384. The highest BCUT2D eigenvalue weighted by molar-refractivity contribution is 6.30. The van der Waals surface area contributed by atoms with E-state index >= 15 is 0 Å². The molecule has 0 bridgehead atoms. The summed E-state index contributed by atoms with van der Waals surface area (Å²) in [6.45, 7) is -0.0546.